The maximum absolute atomic E-state index is 10.7. The van der Waals surface area contributed by atoms with Crippen LogP contribution < -0.4 is 0 Å². The van der Waals surface area contributed by atoms with Gasteiger partial charge in [0.1, 0.15) is 11.0 Å². The van der Waals surface area contributed by atoms with E-state index >= 15 is 0 Å². The molecule has 0 unspecified atom stereocenters. The average Bonchev–Trinajstić information content (AvgIpc) is 2.67. The van der Waals surface area contributed by atoms with E-state index in [0.717, 1.165) is 0 Å². The molecule has 0 aliphatic rings. The van der Waals surface area contributed by atoms with Crippen LogP contribution in [0.4, 0.5) is 0 Å². The largest absolute Gasteiger partial charge is 0.476 e. The second-order valence-corrected chi connectivity index (χ2v) is 8.21. The molecule has 4 aromatic rings. The Balaban J connectivity index is 0.000000171. The molecule has 152 valence electrons. The highest BCUT2D eigenvalue weighted by molar-refractivity contribution is 9.11. The molecule has 12 heteroatoms. The van der Waals surface area contributed by atoms with Crippen molar-refractivity contribution in [3.8, 4) is 0 Å². The molecule has 0 amide bonds. The van der Waals surface area contributed by atoms with Crippen molar-refractivity contribution in [2.45, 2.75) is 0 Å². The third-order valence-corrected chi connectivity index (χ3v) is 5.21. The van der Waals surface area contributed by atoms with E-state index in [9.17, 15) is 9.59 Å². The van der Waals surface area contributed by atoms with Gasteiger partial charge in [0, 0.05) is 19.0 Å². The van der Waals surface area contributed by atoms with Gasteiger partial charge in [0.2, 0.25) is 0 Å². The molecular weight excluding hydrogens is 567 g/mol. The van der Waals surface area contributed by atoms with E-state index < -0.39 is 11.9 Å². The van der Waals surface area contributed by atoms with E-state index in [1.54, 1.807) is 24.3 Å². The van der Waals surface area contributed by atoms with Gasteiger partial charge in [0.15, 0.2) is 11.4 Å². The van der Waals surface area contributed by atoms with Crippen LogP contribution in [0.15, 0.2) is 45.6 Å². The SMILES string of the molecule is O=C(O)c1cnc2c(Br)cc(Cl)cc2n1.O=C(O)c1cnc2cc(Cl)cc(Br)c2n1. The molecule has 0 fully saturated rings. The summed E-state index contributed by atoms with van der Waals surface area (Å²) < 4.78 is 1.31. The quantitative estimate of drug-likeness (QED) is 0.322. The summed E-state index contributed by atoms with van der Waals surface area (Å²) in [6, 6.07) is 6.52. The molecule has 0 aliphatic heterocycles. The first-order chi connectivity index (χ1) is 14.2. The van der Waals surface area contributed by atoms with Crippen LogP contribution in [0.1, 0.15) is 21.0 Å². The minimum atomic E-state index is -1.11. The number of carboxylic acids is 2. The van der Waals surface area contributed by atoms with Gasteiger partial charge in [-0.15, -0.1) is 0 Å². The molecule has 0 saturated carbocycles. The van der Waals surface area contributed by atoms with Crippen molar-refractivity contribution in [2.75, 3.05) is 0 Å². The second-order valence-electron chi connectivity index (χ2n) is 5.63. The molecule has 4 rings (SSSR count). The van der Waals surface area contributed by atoms with Gasteiger partial charge in [-0.3, -0.25) is 9.97 Å². The van der Waals surface area contributed by atoms with Crippen molar-refractivity contribution in [3.05, 3.63) is 67.0 Å². The summed E-state index contributed by atoms with van der Waals surface area (Å²) >= 11 is 18.1. The van der Waals surface area contributed by atoms with E-state index in [1.807, 2.05) is 0 Å². The van der Waals surface area contributed by atoms with Crippen molar-refractivity contribution in [3.63, 3.8) is 0 Å². The number of hydrogen-bond acceptors (Lipinski definition) is 6. The Labute approximate surface area is 195 Å². The van der Waals surface area contributed by atoms with Gasteiger partial charge in [-0.2, -0.15) is 0 Å². The van der Waals surface area contributed by atoms with Crippen LogP contribution in [-0.2, 0) is 0 Å². The maximum Gasteiger partial charge on any atom is 0.356 e. The van der Waals surface area contributed by atoms with Crippen molar-refractivity contribution in [1.29, 1.82) is 0 Å². The predicted molar refractivity (Wildman–Crippen MR) is 118 cm³/mol. The third-order valence-electron chi connectivity index (χ3n) is 3.57. The molecule has 2 aromatic carbocycles. The zero-order chi connectivity index (χ0) is 22.0. The number of hydrogen-bond donors (Lipinski definition) is 2. The molecule has 0 aliphatic carbocycles. The Morgan fingerprint density at radius 1 is 0.733 bits per heavy atom. The van der Waals surface area contributed by atoms with Crippen LogP contribution in [0.5, 0.6) is 0 Å². The maximum atomic E-state index is 10.7. The van der Waals surface area contributed by atoms with E-state index in [4.69, 9.17) is 33.4 Å². The van der Waals surface area contributed by atoms with Gasteiger partial charge in [0.05, 0.1) is 23.4 Å². The molecule has 2 heterocycles. The Bertz CT molecular complexity index is 1320. The summed E-state index contributed by atoms with van der Waals surface area (Å²) in [6.07, 6.45) is 2.41. The molecule has 0 saturated heterocycles. The first kappa shape index (κ1) is 22.3. The predicted octanol–water partition coefficient (Wildman–Crippen LogP) is 5.49. The lowest BCUT2D eigenvalue weighted by Crippen LogP contribution is -2.01. The first-order valence-corrected chi connectivity index (χ1v) is 10.2. The van der Waals surface area contributed by atoms with Gasteiger partial charge in [-0.25, -0.2) is 19.6 Å². The number of aromatic nitrogens is 4. The second kappa shape index (κ2) is 9.17. The van der Waals surface area contributed by atoms with Crippen LogP contribution in [0.25, 0.3) is 22.1 Å². The number of benzene rings is 2. The monoisotopic (exact) mass is 572 g/mol. The standard InChI is InChI=1S/2C9H4BrClN2O2/c10-5-1-4(11)2-6-8(5)12-3-7(13-6)9(14)15;10-5-1-4(11)2-6-8(5)13-7(3-12-6)9(14)15/h2*1-3H,(H,14,15). The summed E-state index contributed by atoms with van der Waals surface area (Å²) in [5.74, 6) is -2.22. The van der Waals surface area contributed by atoms with Gasteiger partial charge in [-0.1, -0.05) is 23.2 Å². The van der Waals surface area contributed by atoms with E-state index in [-0.39, 0.29) is 11.4 Å². The molecule has 0 atom stereocenters. The number of carbonyl (C=O) groups is 2. The zero-order valence-corrected chi connectivity index (χ0v) is 19.2. The normalized spacial score (nSPS) is 10.5. The smallest absolute Gasteiger partial charge is 0.356 e. The van der Waals surface area contributed by atoms with Gasteiger partial charge >= 0.3 is 11.9 Å². The topological polar surface area (TPSA) is 126 Å². The van der Waals surface area contributed by atoms with E-state index in [1.165, 1.54) is 12.4 Å². The minimum absolute atomic E-state index is 0.0921. The Morgan fingerprint density at radius 3 is 1.83 bits per heavy atom. The molecule has 0 bridgehead atoms. The molecule has 8 nitrogen and oxygen atoms in total. The number of carboxylic acid groups (broad SMARTS) is 2. The van der Waals surface area contributed by atoms with Crippen LogP contribution in [0, 0.1) is 0 Å². The fourth-order valence-electron chi connectivity index (χ4n) is 2.30. The molecule has 2 aromatic heterocycles. The first-order valence-electron chi connectivity index (χ1n) is 7.86. The Kier molecular flexibility index (Phi) is 6.81. The van der Waals surface area contributed by atoms with Crippen LogP contribution in [0.3, 0.4) is 0 Å². The zero-order valence-electron chi connectivity index (χ0n) is 14.5. The Hall–Kier alpha value is -2.40. The number of aromatic carboxylic acids is 2. The number of fused-ring (bicyclic) bond motifs is 2. The fraction of sp³-hybridized carbons (Fsp3) is 0. The van der Waals surface area contributed by atoms with Crippen molar-refractivity contribution in [1.82, 2.24) is 19.9 Å². The third kappa shape index (κ3) is 5.01. The van der Waals surface area contributed by atoms with E-state index in [2.05, 4.69) is 51.8 Å². The van der Waals surface area contributed by atoms with Crippen molar-refractivity contribution in [2.24, 2.45) is 0 Å². The number of nitrogens with zero attached hydrogens (tertiary/aromatic N) is 4. The van der Waals surface area contributed by atoms with Crippen LogP contribution in [-0.4, -0.2) is 42.1 Å². The summed E-state index contributed by atoms with van der Waals surface area (Å²) in [5.41, 5.74) is 1.89. The minimum Gasteiger partial charge on any atom is -0.476 e. The lowest BCUT2D eigenvalue weighted by molar-refractivity contribution is 0.0680. The molecule has 30 heavy (non-hydrogen) atoms. The van der Waals surface area contributed by atoms with Gasteiger partial charge < -0.3 is 10.2 Å². The fourth-order valence-corrected chi connectivity index (χ4v) is 4.08. The Morgan fingerprint density at radius 2 is 1.23 bits per heavy atom. The lowest BCUT2D eigenvalue weighted by Gasteiger charge is -2.01. The average molecular weight is 575 g/mol. The summed E-state index contributed by atoms with van der Waals surface area (Å²) in [7, 11) is 0. The van der Waals surface area contributed by atoms with E-state index in [0.29, 0.717) is 41.1 Å². The van der Waals surface area contributed by atoms with Crippen LogP contribution in [0.2, 0.25) is 10.0 Å². The highest BCUT2D eigenvalue weighted by Gasteiger charge is 2.10. The molecule has 0 spiro atoms. The summed E-state index contributed by atoms with van der Waals surface area (Å²) in [6.45, 7) is 0. The number of rotatable bonds is 2. The highest BCUT2D eigenvalue weighted by atomic mass is 79.9. The molecule has 2 N–H and O–H groups in total. The number of halogens is 4. The molecular formula is C18H8Br2Cl2N4O4. The van der Waals surface area contributed by atoms with Crippen molar-refractivity contribution < 1.29 is 19.8 Å². The summed E-state index contributed by atoms with van der Waals surface area (Å²) in [4.78, 5) is 37.2. The van der Waals surface area contributed by atoms with Crippen LogP contribution >= 0.6 is 55.1 Å². The van der Waals surface area contributed by atoms with Crippen molar-refractivity contribution >= 4 is 89.1 Å². The summed E-state index contributed by atoms with van der Waals surface area (Å²) in [5, 5.41) is 18.5. The van der Waals surface area contributed by atoms with Gasteiger partial charge in [0.25, 0.3) is 0 Å². The highest BCUT2D eigenvalue weighted by Crippen LogP contribution is 2.26. The van der Waals surface area contributed by atoms with Gasteiger partial charge in [-0.05, 0) is 56.1 Å². The molecule has 0 radical (unpaired) electrons. The lowest BCUT2D eigenvalue weighted by atomic mass is 10.3.